The summed E-state index contributed by atoms with van der Waals surface area (Å²) in [6.07, 6.45) is 3.28. The monoisotopic (exact) mass is 232 g/mol. The summed E-state index contributed by atoms with van der Waals surface area (Å²) >= 11 is 1.81. The van der Waals surface area contributed by atoms with Crippen LogP contribution in [-0.2, 0) is 20.0 Å². The predicted molar refractivity (Wildman–Crippen MR) is 70.1 cm³/mol. The Morgan fingerprint density at radius 1 is 1.38 bits per heavy atom. The molecule has 0 saturated heterocycles. The fourth-order valence-corrected chi connectivity index (χ4v) is 3.04. The lowest BCUT2D eigenvalue weighted by molar-refractivity contribution is 0.622. The molecule has 0 radical (unpaired) electrons. The van der Waals surface area contributed by atoms with Crippen LogP contribution < -0.4 is 5.32 Å². The first-order valence-corrected chi connectivity index (χ1v) is 6.88. The van der Waals surface area contributed by atoms with E-state index in [9.17, 15) is 0 Å². The maximum Gasteiger partial charge on any atom is 0.0494 e. The van der Waals surface area contributed by atoms with Gasteiger partial charge in [0.15, 0.2) is 0 Å². The van der Waals surface area contributed by atoms with Crippen molar-refractivity contribution in [1.29, 1.82) is 0 Å². The molecule has 0 atom stereocenters. The zero-order valence-corrected chi connectivity index (χ0v) is 10.5. The Bertz CT molecular complexity index is 542. The molecule has 1 aromatic carbocycles. The van der Waals surface area contributed by atoms with Crippen LogP contribution in [0.25, 0.3) is 10.9 Å². The van der Waals surface area contributed by atoms with Crippen molar-refractivity contribution in [3.05, 3.63) is 29.5 Å². The van der Waals surface area contributed by atoms with Crippen LogP contribution in [0.1, 0.15) is 11.3 Å². The van der Waals surface area contributed by atoms with Gasteiger partial charge in [0.1, 0.15) is 0 Å². The van der Waals surface area contributed by atoms with Crippen LogP contribution in [0, 0.1) is 0 Å². The Morgan fingerprint density at radius 2 is 2.25 bits per heavy atom. The molecule has 84 valence electrons. The molecular formula is C13H16N2S. The highest BCUT2D eigenvalue weighted by atomic mass is 32.2. The van der Waals surface area contributed by atoms with Gasteiger partial charge in [-0.2, -0.15) is 0 Å². The lowest BCUT2D eigenvalue weighted by Crippen LogP contribution is -2.24. The SMILES string of the molecule is CSc1ccc2c3c(n(C)c2c1)CCNC3. The van der Waals surface area contributed by atoms with Gasteiger partial charge in [-0.3, -0.25) is 0 Å². The molecule has 0 unspecified atom stereocenters. The van der Waals surface area contributed by atoms with Gasteiger partial charge in [0.25, 0.3) is 0 Å². The van der Waals surface area contributed by atoms with Crippen molar-refractivity contribution < 1.29 is 0 Å². The van der Waals surface area contributed by atoms with E-state index >= 15 is 0 Å². The average molecular weight is 232 g/mol. The minimum Gasteiger partial charge on any atom is -0.347 e. The smallest absolute Gasteiger partial charge is 0.0494 e. The van der Waals surface area contributed by atoms with Gasteiger partial charge < -0.3 is 9.88 Å². The van der Waals surface area contributed by atoms with Crippen molar-refractivity contribution in [2.24, 2.45) is 7.05 Å². The molecule has 16 heavy (non-hydrogen) atoms. The van der Waals surface area contributed by atoms with E-state index in [1.54, 1.807) is 0 Å². The summed E-state index contributed by atoms with van der Waals surface area (Å²) in [6.45, 7) is 2.12. The second-order valence-corrected chi connectivity index (χ2v) is 5.17. The molecule has 0 amide bonds. The Morgan fingerprint density at radius 3 is 3.06 bits per heavy atom. The van der Waals surface area contributed by atoms with E-state index in [2.05, 4.69) is 41.4 Å². The third kappa shape index (κ3) is 1.39. The summed E-state index contributed by atoms with van der Waals surface area (Å²) in [5, 5.41) is 4.88. The topological polar surface area (TPSA) is 17.0 Å². The van der Waals surface area contributed by atoms with Gasteiger partial charge in [0.2, 0.25) is 0 Å². The average Bonchev–Trinajstić information content (AvgIpc) is 2.64. The summed E-state index contributed by atoms with van der Waals surface area (Å²) in [5.74, 6) is 0. The van der Waals surface area contributed by atoms with Crippen LogP contribution >= 0.6 is 11.8 Å². The summed E-state index contributed by atoms with van der Waals surface area (Å²) in [7, 11) is 2.19. The number of rotatable bonds is 1. The van der Waals surface area contributed by atoms with Gasteiger partial charge >= 0.3 is 0 Å². The highest BCUT2D eigenvalue weighted by Crippen LogP contribution is 2.30. The van der Waals surface area contributed by atoms with E-state index < -0.39 is 0 Å². The number of hydrogen-bond acceptors (Lipinski definition) is 2. The molecular weight excluding hydrogens is 216 g/mol. The van der Waals surface area contributed by atoms with Crippen molar-refractivity contribution >= 4 is 22.7 Å². The Kier molecular flexibility index (Phi) is 2.45. The molecule has 2 aromatic rings. The summed E-state index contributed by atoms with van der Waals surface area (Å²) in [4.78, 5) is 1.35. The minimum atomic E-state index is 1.02. The van der Waals surface area contributed by atoms with Crippen molar-refractivity contribution in [1.82, 2.24) is 9.88 Å². The van der Waals surface area contributed by atoms with E-state index in [0.717, 1.165) is 19.5 Å². The zero-order chi connectivity index (χ0) is 11.1. The second-order valence-electron chi connectivity index (χ2n) is 4.29. The van der Waals surface area contributed by atoms with Gasteiger partial charge in [0.05, 0.1) is 0 Å². The van der Waals surface area contributed by atoms with E-state index in [4.69, 9.17) is 0 Å². The number of hydrogen-bond donors (Lipinski definition) is 1. The number of aryl methyl sites for hydroxylation is 1. The van der Waals surface area contributed by atoms with E-state index in [1.807, 2.05) is 11.8 Å². The van der Waals surface area contributed by atoms with Crippen molar-refractivity contribution in [3.8, 4) is 0 Å². The molecule has 1 N–H and O–H groups in total. The van der Waals surface area contributed by atoms with Crippen molar-refractivity contribution in [2.75, 3.05) is 12.8 Å². The van der Waals surface area contributed by atoms with Crippen molar-refractivity contribution in [3.63, 3.8) is 0 Å². The molecule has 3 rings (SSSR count). The molecule has 2 heterocycles. The normalized spacial score (nSPS) is 15.4. The highest BCUT2D eigenvalue weighted by Gasteiger charge is 2.17. The molecule has 0 fully saturated rings. The molecule has 1 aliphatic rings. The number of nitrogens with one attached hydrogen (secondary N) is 1. The molecule has 3 heteroatoms. The van der Waals surface area contributed by atoms with Crippen LogP contribution in [0.2, 0.25) is 0 Å². The number of nitrogens with zero attached hydrogens (tertiary/aromatic N) is 1. The predicted octanol–water partition coefficient (Wildman–Crippen LogP) is 2.55. The molecule has 0 bridgehead atoms. The molecule has 2 nitrogen and oxygen atoms in total. The number of fused-ring (bicyclic) bond motifs is 3. The summed E-state index contributed by atoms with van der Waals surface area (Å²) in [5.41, 5.74) is 4.38. The van der Waals surface area contributed by atoms with Gasteiger partial charge in [-0.05, 0) is 24.0 Å². The maximum absolute atomic E-state index is 3.46. The maximum atomic E-state index is 3.46. The van der Waals surface area contributed by atoms with Crippen LogP contribution in [0.5, 0.6) is 0 Å². The lowest BCUT2D eigenvalue weighted by Gasteiger charge is -2.14. The van der Waals surface area contributed by atoms with Gasteiger partial charge in [-0.25, -0.2) is 0 Å². The first-order chi connectivity index (χ1) is 7.81. The van der Waals surface area contributed by atoms with Crippen LogP contribution in [-0.4, -0.2) is 17.4 Å². The lowest BCUT2D eigenvalue weighted by atomic mass is 10.1. The van der Waals surface area contributed by atoms with E-state index in [0.29, 0.717) is 0 Å². The molecule has 0 saturated carbocycles. The fraction of sp³-hybridized carbons (Fsp3) is 0.385. The van der Waals surface area contributed by atoms with Gasteiger partial charge in [-0.15, -0.1) is 11.8 Å². The third-order valence-electron chi connectivity index (χ3n) is 3.48. The number of benzene rings is 1. The standard InChI is InChI=1S/C13H16N2S/c1-15-12-5-6-14-8-11(12)10-4-3-9(16-2)7-13(10)15/h3-4,7,14H,5-6,8H2,1-2H3. The molecule has 1 aliphatic heterocycles. The van der Waals surface area contributed by atoms with Crippen LogP contribution in [0.4, 0.5) is 0 Å². The van der Waals surface area contributed by atoms with Gasteiger partial charge in [-0.1, -0.05) is 6.07 Å². The van der Waals surface area contributed by atoms with Crippen molar-refractivity contribution in [2.45, 2.75) is 17.9 Å². The fourth-order valence-electron chi connectivity index (χ4n) is 2.61. The first-order valence-electron chi connectivity index (χ1n) is 5.66. The highest BCUT2D eigenvalue weighted by molar-refractivity contribution is 7.98. The zero-order valence-electron chi connectivity index (χ0n) is 9.71. The number of aromatic nitrogens is 1. The Hall–Kier alpha value is -0.930. The van der Waals surface area contributed by atoms with Crippen LogP contribution in [0.3, 0.4) is 0 Å². The quantitative estimate of drug-likeness (QED) is 0.761. The first kappa shape index (κ1) is 10.2. The number of thioether (sulfide) groups is 1. The second kappa shape index (κ2) is 3.82. The molecule has 0 aliphatic carbocycles. The summed E-state index contributed by atoms with van der Waals surface area (Å²) < 4.78 is 2.37. The molecule has 0 spiro atoms. The van der Waals surface area contributed by atoms with E-state index in [-0.39, 0.29) is 0 Å². The Balaban J connectivity index is 2.30. The Labute approximate surface area is 100 Å². The largest absolute Gasteiger partial charge is 0.347 e. The third-order valence-corrected chi connectivity index (χ3v) is 4.21. The molecule has 1 aromatic heterocycles. The van der Waals surface area contributed by atoms with E-state index in [1.165, 1.54) is 27.1 Å². The van der Waals surface area contributed by atoms with Gasteiger partial charge in [0, 0.05) is 48.1 Å². The summed E-state index contributed by atoms with van der Waals surface area (Å²) in [6, 6.07) is 6.80. The van der Waals surface area contributed by atoms with Crippen LogP contribution in [0.15, 0.2) is 23.1 Å². The minimum absolute atomic E-state index is 1.02.